The summed E-state index contributed by atoms with van der Waals surface area (Å²) < 4.78 is 28.5. The largest absolute Gasteiger partial charge is 0.342 e. The molecule has 2 heterocycles. The average molecular weight is 303 g/mol. The zero-order chi connectivity index (χ0) is 14.6. The number of carbonyl (C=O) groups excluding carboxylic acids is 1. The summed E-state index contributed by atoms with van der Waals surface area (Å²) in [5, 5.41) is 0. The maximum atomic E-state index is 12.7. The zero-order valence-corrected chi connectivity index (χ0v) is 13.1. The molecule has 0 aromatic heterocycles. The van der Waals surface area contributed by atoms with Crippen LogP contribution < -0.4 is 0 Å². The molecule has 2 saturated heterocycles. The number of rotatable bonds is 2. The molecular weight excluding hydrogens is 278 g/mol. The average Bonchev–Trinajstić information content (AvgIpc) is 2.82. The lowest BCUT2D eigenvalue weighted by atomic mass is 10.2. The molecule has 0 aliphatic carbocycles. The molecule has 0 saturated carbocycles. The molecule has 0 N–H and O–H groups in total. The summed E-state index contributed by atoms with van der Waals surface area (Å²) in [4.78, 5) is 13.1. The Hall–Kier alpha value is -0.660. The van der Waals surface area contributed by atoms with Crippen molar-refractivity contribution in [2.24, 2.45) is 0 Å². The molecule has 2 aliphatic rings. The Morgan fingerprint density at radius 3 is 1.90 bits per heavy atom. The van der Waals surface area contributed by atoms with Crippen molar-refractivity contribution in [1.29, 1.82) is 0 Å². The van der Waals surface area contributed by atoms with Gasteiger partial charge >= 0.3 is 0 Å². The summed E-state index contributed by atoms with van der Waals surface area (Å²) in [6.07, 6.45) is 4.85. The van der Waals surface area contributed by atoms with Crippen LogP contribution in [0.2, 0.25) is 0 Å². The molecule has 0 atom stereocenters. The van der Waals surface area contributed by atoms with Gasteiger partial charge in [-0.15, -0.1) is 0 Å². The molecule has 116 valence electrons. The van der Waals surface area contributed by atoms with Crippen LogP contribution in [-0.2, 0) is 15.0 Å². The lowest BCUT2D eigenvalue weighted by Gasteiger charge is -2.28. The fraction of sp³-hybridized carbons (Fsp3) is 0.923. The van der Waals surface area contributed by atoms with E-state index in [2.05, 4.69) is 0 Å². The van der Waals surface area contributed by atoms with E-state index < -0.39 is 10.2 Å². The summed E-state index contributed by atoms with van der Waals surface area (Å²) in [6, 6.07) is 0. The molecule has 0 radical (unpaired) electrons. The van der Waals surface area contributed by atoms with Gasteiger partial charge < -0.3 is 4.90 Å². The van der Waals surface area contributed by atoms with Crippen LogP contribution in [0.1, 0.15) is 39.0 Å². The van der Waals surface area contributed by atoms with E-state index in [-0.39, 0.29) is 5.91 Å². The van der Waals surface area contributed by atoms with Crippen LogP contribution in [0.15, 0.2) is 0 Å². The van der Waals surface area contributed by atoms with Crippen molar-refractivity contribution in [3.8, 4) is 0 Å². The molecule has 0 spiro atoms. The van der Waals surface area contributed by atoms with E-state index in [0.717, 1.165) is 25.7 Å². The van der Waals surface area contributed by atoms with Crippen LogP contribution in [0.5, 0.6) is 0 Å². The Kier molecular flexibility index (Phi) is 5.40. The minimum Gasteiger partial charge on any atom is -0.342 e. The van der Waals surface area contributed by atoms with Gasteiger partial charge in [-0.05, 0) is 19.3 Å². The second-order valence-electron chi connectivity index (χ2n) is 5.58. The zero-order valence-electron chi connectivity index (χ0n) is 12.3. The van der Waals surface area contributed by atoms with Crippen molar-refractivity contribution >= 4 is 16.1 Å². The molecule has 0 bridgehead atoms. The Morgan fingerprint density at radius 2 is 1.30 bits per heavy atom. The smallest absolute Gasteiger partial charge is 0.282 e. The van der Waals surface area contributed by atoms with Gasteiger partial charge in [-0.1, -0.05) is 12.8 Å². The van der Waals surface area contributed by atoms with Crippen LogP contribution in [-0.4, -0.2) is 67.1 Å². The van der Waals surface area contributed by atoms with E-state index in [1.165, 1.54) is 0 Å². The first-order valence-electron chi connectivity index (χ1n) is 7.52. The van der Waals surface area contributed by atoms with Crippen LogP contribution in [0.25, 0.3) is 0 Å². The normalized spacial score (nSPS) is 24.1. The first-order valence-corrected chi connectivity index (χ1v) is 8.92. The molecule has 20 heavy (non-hydrogen) atoms. The summed E-state index contributed by atoms with van der Waals surface area (Å²) >= 11 is 0. The van der Waals surface area contributed by atoms with Crippen LogP contribution in [0.3, 0.4) is 0 Å². The summed E-state index contributed by atoms with van der Waals surface area (Å²) in [5.41, 5.74) is 0. The SMILES string of the molecule is CC(=O)N1CCCN(S(=O)(=O)N2CCCCCC2)CC1. The van der Waals surface area contributed by atoms with Gasteiger partial charge in [-0.3, -0.25) is 4.79 Å². The highest BCUT2D eigenvalue weighted by Gasteiger charge is 2.31. The standard InChI is InChI=1S/C13H25N3O3S/c1-13(17)14-7-6-10-16(12-11-14)20(18,19)15-8-4-2-3-5-9-15/h2-12H2,1H3. The van der Waals surface area contributed by atoms with Gasteiger partial charge in [0.2, 0.25) is 5.91 Å². The van der Waals surface area contributed by atoms with Crippen molar-refractivity contribution < 1.29 is 13.2 Å². The fourth-order valence-corrected chi connectivity index (χ4v) is 4.59. The third-order valence-electron chi connectivity index (χ3n) is 4.12. The number of nitrogens with zero attached hydrogens (tertiary/aromatic N) is 3. The van der Waals surface area contributed by atoms with Crippen molar-refractivity contribution in [2.45, 2.75) is 39.0 Å². The molecule has 0 aromatic rings. The van der Waals surface area contributed by atoms with E-state index in [1.807, 2.05) is 0 Å². The van der Waals surface area contributed by atoms with E-state index in [1.54, 1.807) is 20.4 Å². The highest BCUT2D eigenvalue weighted by atomic mass is 32.2. The predicted molar refractivity (Wildman–Crippen MR) is 77.4 cm³/mol. The topological polar surface area (TPSA) is 60.9 Å². The molecule has 1 amide bonds. The lowest BCUT2D eigenvalue weighted by molar-refractivity contribution is -0.128. The van der Waals surface area contributed by atoms with Gasteiger partial charge in [-0.2, -0.15) is 17.0 Å². The van der Waals surface area contributed by atoms with Crippen LogP contribution >= 0.6 is 0 Å². The van der Waals surface area contributed by atoms with Gasteiger partial charge in [0.15, 0.2) is 0 Å². The highest BCUT2D eigenvalue weighted by Crippen LogP contribution is 2.18. The first-order chi connectivity index (χ1) is 9.51. The molecule has 6 nitrogen and oxygen atoms in total. The van der Waals surface area contributed by atoms with E-state index >= 15 is 0 Å². The monoisotopic (exact) mass is 303 g/mol. The minimum atomic E-state index is -3.35. The van der Waals surface area contributed by atoms with Crippen LogP contribution in [0, 0.1) is 0 Å². The highest BCUT2D eigenvalue weighted by molar-refractivity contribution is 7.86. The Bertz CT molecular complexity index is 430. The first kappa shape index (κ1) is 15.7. The van der Waals surface area contributed by atoms with Crippen molar-refractivity contribution in [2.75, 3.05) is 39.3 Å². The van der Waals surface area contributed by atoms with Crippen molar-refractivity contribution in [3.05, 3.63) is 0 Å². The molecule has 2 fully saturated rings. The second kappa shape index (κ2) is 6.87. The maximum absolute atomic E-state index is 12.7. The number of carbonyl (C=O) groups is 1. The Labute approximate surface area is 121 Å². The molecule has 2 aliphatic heterocycles. The Morgan fingerprint density at radius 1 is 0.750 bits per heavy atom. The number of amides is 1. The summed E-state index contributed by atoms with van der Waals surface area (Å²) in [7, 11) is -3.35. The third-order valence-corrected chi connectivity index (χ3v) is 6.15. The third kappa shape index (κ3) is 3.71. The summed E-state index contributed by atoms with van der Waals surface area (Å²) in [5.74, 6) is 0.0269. The molecule has 7 heteroatoms. The van der Waals surface area contributed by atoms with Crippen molar-refractivity contribution in [3.63, 3.8) is 0 Å². The molecular formula is C13H25N3O3S. The van der Waals surface area contributed by atoms with Crippen LogP contribution in [0.4, 0.5) is 0 Å². The van der Waals surface area contributed by atoms with Gasteiger partial charge in [0.1, 0.15) is 0 Å². The van der Waals surface area contributed by atoms with E-state index in [0.29, 0.717) is 45.7 Å². The van der Waals surface area contributed by atoms with Gasteiger partial charge in [0.25, 0.3) is 10.2 Å². The van der Waals surface area contributed by atoms with Gasteiger partial charge in [0, 0.05) is 46.2 Å². The van der Waals surface area contributed by atoms with Crippen molar-refractivity contribution in [1.82, 2.24) is 13.5 Å². The minimum absolute atomic E-state index is 0.0269. The predicted octanol–water partition coefficient (Wildman–Crippen LogP) is 0.661. The quantitative estimate of drug-likeness (QED) is 0.753. The van der Waals surface area contributed by atoms with Gasteiger partial charge in [-0.25, -0.2) is 0 Å². The molecule has 0 unspecified atom stereocenters. The Balaban J connectivity index is 2.03. The molecule has 2 rings (SSSR count). The second-order valence-corrected chi connectivity index (χ2v) is 7.51. The fourth-order valence-electron chi connectivity index (χ4n) is 2.88. The maximum Gasteiger partial charge on any atom is 0.282 e. The van der Waals surface area contributed by atoms with Gasteiger partial charge in [0.05, 0.1) is 0 Å². The lowest BCUT2D eigenvalue weighted by Crippen LogP contribution is -2.45. The molecule has 0 aromatic carbocycles. The van der Waals surface area contributed by atoms with E-state index in [4.69, 9.17) is 0 Å². The number of hydrogen-bond acceptors (Lipinski definition) is 3. The number of hydrogen-bond donors (Lipinski definition) is 0. The summed E-state index contributed by atoms with van der Waals surface area (Å²) in [6.45, 7) is 4.90. The van der Waals surface area contributed by atoms with E-state index in [9.17, 15) is 13.2 Å².